The van der Waals surface area contributed by atoms with Crippen LogP contribution in [0.2, 0.25) is 0 Å². The molecule has 1 heterocycles. The third-order valence-electron chi connectivity index (χ3n) is 3.28. The molecule has 102 valence electrons. The molecule has 0 saturated carbocycles. The maximum absolute atomic E-state index is 5.72. The van der Waals surface area contributed by atoms with Gasteiger partial charge in [0.2, 0.25) is 5.88 Å². The Morgan fingerprint density at radius 3 is 2.42 bits per heavy atom. The second kappa shape index (κ2) is 4.61. The Morgan fingerprint density at radius 1 is 1.26 bits per heavy atom. The van der Waals surface area contributed by atoms with Crippen molar-refractivity contribution in [3.63, 3.8) is 0 Å². The third-order valence-corrected chi connectivity index (χ3v) is 3.28. The van der Waals surface area contributed by atoms with Gasteiger partial charge in [0, 0.05) is 11.1 Å². The molecular formula is C15H20N2O2. The van der Waals surface area contributed by atoms with Gasteiger partial charge in [-0.25, -0.2) is 0 Å². The monoisotopic (exact) mass is 260 g/mol. The highest BCUT2D eigenvalue weighted by Gasteiger charge is 2.20. The summed E-state index contributed by atoms with van der Waals surface area (Å²) in [7, 11) is 1.65. The van der Waals surface area contributed by atoms with E-state index in [1.807, 2.05) is 13.0 Å². The standard InChI is InChI=1S/C15H20N2O2/c1-9-13(17-19-14(9)16)11-8-10(15(2,3)4)6-7-12(11)18-5/h6-8H,16H2,1-5H3. The van der Waals surface area contributed by atoms with Gasteiger partial charge in [-0.15, -0.1) is 0 Å². The first-order valence-corrected chi connectivity index (χ1v) is 6.25. The fraction of sp³-hybridized carbons (Fsp3) is 0.400. The van der Waals surface area contributed by atoms with Crippen molar-refractivity contribution in [3.8, 4) is 17.0 Å². The summed E-state index contributed by atoms with van der Waals surface area (Å²) in [6.07, 6.45) is 0. The Kier molecular flexibility index (Phi) is 3.27. The van der Waals surface area contributed by atoms with Gasteiger partial charge in [0.15, 0.2) is 0 Å². The zero-order chi connectivity index (χ0) is 14.2. The van der Waals surface area contributed by atoms with Crippen molar-refractivity contribution in [2.75, 3.05) is 12.8 Å². The smallest absolute Gasteiger partial charge is 0.225 e. The number of anilines is 1. The SMILES string of the molecule is COc1ccc(C(C)(C)C)cc1-c1noc(N)c1C. The minimum Gasteiger partial charge on any atom is -0.496 e. The van der Waals surface area contributed by atoms with Crippen LogP contribution < -0.4 is 10.5 Å². The van der Waals surface area contributed by atoms with Gasteiger partial charge in [-0.1, -0.05) is 32.0 Å². The lowest BCUT2D eigenvalue weighted by Crippen LogP contribution is -2.11. The molecule has 0 aliphatic rings. The number of nitrogen functional groups attached to an aromatic ring is 1. The quantitative estimate of drug-likeness (QED) is 0.897. The molecule has 4 nitrogen and oxygen atoms in total. The molecule has 4 heteroatoms. The largest absolute Gasteiger partial charge is 0.496 e. The minimum absolute atomic E-state index is 0.0597. The van der Waals surface area contributed by atoms with Crippen LogP contribution in [0.5, 0.6) is 5.75 Å². The summed E-state index contributed by atoms with van der Waals surface area (Å²) in [6, 6.07) is 6.12. The van der Waals surface area contributed by atoms with Crippen LogP contribution in [0.3, 0.4) is 0 Å². The molecule has 0 aliphatic heterocycles. The third kappa shape index (κ3) is 2.43. The lowest BCUT2D eigenvalue weighted by Gasteiger charge is -2.20. The van der Waals surface area contributed by atoms with Crippen molar-refractivity contribution in [3.05, 3.63) is 29.3 Å². The zero-order valence-electron chi connectivity index (χ0n) is 12.1. The fourth-order valence-corrected chi connectivity index (χ4v) is 1.96. The summed E-state index contributed by atoms with van der Waals surface area (Å²) >= 11 is 0. The van der Waals surface area contributed by atoms with Crippen molar-refractivity contribution in [1.29, 1.82) is 0 Å². The van der Waals surface area contributed by atoms with Crippen molar-refractivity contribution in [2.45, 2.75) is 33.1 Å². The van der Waals surface area contributed by atoms with Crippen LogP contribution >= 0.6 is 0 Å². The lowest BCUT2D eigenvalue weighted by atomic mass is 9.85. The summed E-state index contributed by atoms with van der Waals surface area (Å²) in [5.74, 6) is 1.11. The normalized spacial score (nSPS) is 11.6. The van der Waals surface area contributed by atoms with Gasteiger partial charge in [0.25, 0.3) is 0 Å². The Balaban J connectivity index is 2.63. The summed E-state index contributed by atoms with van der Waals surface area (Å²) < 4.78 is 10.5. The Bertz CT molecular complexity index is 595. The maximum atomic E-state index is 5.72. The van der Waals surface area contributed by atoms with E-state index in [0.29, 0.717) is 5.88 Å². The lowest BCUT2D eigenvalue weighted by molar-refractivity contribution is 0.413. The van der Waals surface area contributed by atoms with E-state index in [9.17, 15) is 0 Å². The minimum atomic E-state index is 0.0597. The molecule has 0 aliphatic carbocycles. The first-order valence-electron chi connectivity index (χ1n) is 6.25. The van der Waals surface area contributed by atoms with Crippen LogP contribution in [-0.2, 0) is 5.41 Å². The van der Waals surface area contributed by atoms with E-state index in [0.717, 1.165) is 22.6 Å². The van der Waals surface area contributed by atoms with Gasteiger partial charge in [-0.2, -0.15) is 0 Å². The van der Waals surface area contributed by atoms with E-state index in [4.69, 9.17) is 15.0 Å². The number of hydrogen-bond donors (Lipinski definition) is 1. The average molecular weight is 260 g/mol. The molecule has 0 bridgehead atoms. The number of nitrogens with two attached hydrogens (primary N) is 1. The van der Waals surface area contributed by atoms with Gasteiger partial charge in [0.05, 0.1) is 7.11 Å². The highest BCUT2D eigenvalue weighted by atomic mass is 16.5. The van der Waals surface area contributed by atoms with E-state index < -0.39 is 0 Å². The molecule has 1 aromatic carbocycles. The molecule has 0 unspecified atom stereocenters. The number of aromatic nitrogens is 1. The molecule has 19 heavy (non-hydrogen) atoms. The average Bonchev–Trinajstić information content (AvgIpc) is 2.68. The molecule has 0 radical (unpaired) electrons. The first-order chi connectivity index (χ1) is 8.84. The topological polar surface area (TPSA) is 61.3 Å². The van der Waals surface area contributed by atoms with Crippen LogP contribution in [0.15, 0.2) is 22.7 Å². The summed E-state index contributed by atoms with van der Waals surface area (Å²) in [5, 5.41) is 4.04. The van der Waals surface area contributed by atoms with Crippen LogP contribution in [0.4, 0.5) is 5.88 Å². The van der Waals surface area contributed by atoms with Gasteiger partial charge in [-0.05, 0) is 30.0 Å². The molecule has 1 aromatic heterocycles. The molecule has 0 saturated heterocycles. The Labute approximate surface area is 113 Å². The van der Waals surface area contributed by atoms with E-state index in [2.05, 4.69) is 38.1 Å². The molecule has 2 aromatic rings. The van der Waals surface area contributed by atoms with Crippen molar-refractivity contribution < 1.29 is 9.26 Å². The van der Waals surface area contributed by atoms with Crippen LogP contribution in [0.1, 0.15) is 31.9 Å². The van der Waals surface area contributed by atoms with E-state index in [-0.39, 0.29) is 5.41 Å². The molecule has 0 spiro atoms. The Morgan fingerprint density at radius 2 is 1.95 bits per heavy atom. The molecule has 2 N–H and O–H groups in total. The van der Waals surface area contributed by atoms with E-state index in [1.165, 1.54) is 5.56 Å². The van der Waals surface area contributed by atoms with E-state index in [1.54, 1.807) is 7.11 Å². The van der Waals surface area contributed by atoms with Gasteiger partial charge in [-0.3, -0.25) is 0 Å². The Hall–Kier alpha value is -1.97. The number of methoxy groups -OCH3 is 1. The van der Waals surface area contributed by atoms with E-state index >= 15 is 0 Å². The maximum Gasteiger partial charge on any atom is 0.225 e. The van der Waals surface area contributed by atoms with Crippen molar-refractivity contribution >= 4 is 5.88 Å². The van der Waals surface area contributed by atoms with Gasteiger partial charge < -0.3 is 15.0 Å². The fourth-order valence-electron chi connectivity index (χ4n) is 1.96. The molecule has 0 fully saturated rings. The molecule has 0 atom stereocenters. The number of benzene rings is 1. The highest BCUT2D eigenvalue weighted by Crippen LogP contribution is 2.36. The number of ether oxygens (including phenoxy) is 1. The summed E-state index contributed by atoms with van der Waals surface area (Å²) in [6.45, 7) is 8.40. The summed E-state index contributed by atoms with van der Waals surface area (Å²) in [4.78, 5) is 0. The predicted molar refractivity (Wildman–Crippen MR) is 76.3 cm³/mol. The molecule has 0 amide bonds. The first kappa shape index (κ1) is 13.5. The highest BCUT2D eigenvalue weighted by molar-refractivity contribution is 5.73. The predicted octanol–water partition coefficient (Wildman–Crippen LogP) is 3.54. The zero-order valence-corrected chi connectivity index (χ0v) is 12.1. The summed E-state index contributed by atoms with van der Waals surface area (Å²) in [5.41, 5.74) is 9.48. The second-order valence-electron chi connectivity index (χ2n) is 5.69. The molecular weight excluding hydrogens is 240 g/mol. The van der Waals surface area contributed by atoms with Crippen LogP contribution in [-0.4, -0.2) is 12.3 Å². The van der Waals surface area contributed by atoms with Crippen LogP contribution in [0.25, 0.3) is 11.3 Å². The van der Waals surface area contributed by atoms with Crippen LogP contribution in [0, 0.1) is 6.92 Å². The van der Waals surface area contributed by atoms with Crippen molar-refractivity contribution in [2.24, 2.45) is 0 Å². The second-order valence-corrected chi connectivity index (χ2v) is 5.69. The molecule has 2 rings (SSSR count). The van der Waals surface area contributed by atoms with Gasteiger partial charge >= 0.3 is 0 Å². The number of hydrogen-bond acceptors (Lipinski definition) is 4. The number of nitrogens with zero attached hydrogens (tertiary/aromatic N) is 1. The van der Waals surface area contributed by atoms with Crippen molar-refractivity contribution in [1.82, 2.24) is 5.16 Å². The number of rotatable bonds is 2. The van der Waals surface area contributed by atoms with Gasteiger partial charge in [0.1, 0.15) is 11.4 Å².